The molecule has 0 aromatic carbocycles. The van der Waals surface area contributed by atoms with Crippen molar-refractivity contribution >= 4 is 16.3 Å². The molecule has 5 heteroatoms. The lowest BCUT2D eigenvalue weighted by molar-refractivity contribution is 0.418. The molecule has 2 aromatic rings. The van der Waals surface area contributed by atoms with Gasteiger partial charge in [-0.2, -0.15) is 4.98 Å². The van der Waals surface area contributed by atoms with Crippen LogP contribution in [-0.2, 0) is 6.42 Å². The van der Waals surface area contributed by atoms with Gasteiger partial charge in [0.15, 0.2) is 5.82 Å². The highest BCUT2D eigenvalue weighted by molar-refractivity contribution is 7.16. The molecule has 2 rings (SSSR count). The van der Waals surface area contributed by atoms with Crippen LogP contribution < -0.4 is 5.73 Å². The highest BCUT2D eigenvalue weighted by Gasteiger charge is 2.14. The van der Waals surface area contributed by atoms with Gasteiger partial charge in [0.2, 0.25) is 0 Å². The standard InChI is InChI=1S/C11H15N3OS/c1-6(2)4-9-13-11(15-14-9)8-5-7(3)16-10(8)12/h5-6H,4,12H2,1-3H3. The van der Waals surface area contributed by atoms with Gasteiger partial charge < -0.3 is 10.3 Å². The van der Waals surface area contributed by atoms with E-state index in [1.165, 1.54) is 11.3 Å². The van der Waals surface area contributed by atoms with Crippen LogP contribution in [0.15, 0.2) is 10.6 Å². The second kappa shape index (κ2) is 4.25. The molecule has 0 spiro atoms. The first-order valence-corrected chi connectivity index (χ1v) is 6.06. The van der Waals surface area contributed by atoms with Crippen molar-refractivity contribution < 1.29 is 4.52 Å². The van der Waals surface area contributed by atoms with Crippen molar-refractivity contribution in [2.45, 2.75) is 27.2 Å². The maximum absolute atomic E-state index is 5.87. The molecule has 0 aliphatic carbocycles. The van der Waals surface area contributed by atoms with Crippen molar-refractivity contribution in [3.63, 3.8) is 0 Å². The summed E-state index contributed by atoms with van der Waals surface area (Å²) in [4.78, 5) is 5.49. The minimum atomic E-state index is 0.520. The number of hydrogen-bond acceptors (Lipinski definition) is 5. The van der Waals surface area contributed by atoms with Gasteiger partial charge in [-0.1, -0.05) is 19.0 Å². The summed E-state index contributed by atoms with van der Waals surface area (Å²) < 4.78 is 5.21. The number of hydrogen-bond donors (Lipinski definition) is 1. The molecule has 0 atom stereocenters. The van der Waals surface area contributed by atoms with Crippen molar-refractivity contribution in [1.82, 2.24) is 10.1 Å². The van der Waals surface area contributed by atoms with Gasteiger partial charge in [0.05, 0.1) is 10.6 Å². The molecule has 86 valence electrons. The molecule has 2 aromatic heterocycles. The first kappa shape index (κ1) is 11.1. The summed E-state index contributed by atoms with van der Waals surface area (Å²) in [6.45, 7) is 6.26. The van der Waals surface area contributed by atoms with E-state index in [0.29, 0.717) is 11.8 Å². The lowest BCUT2D eigenvalue weighted by Gasteiger charge is -1.96. The summed E-state index contributed by atoms with van der Waals surface area (Å²) in [5.74, 6) is 1.79. The SMILES string of the molecule is Cc1cc(-c2nc(CC(C)C)no2)c(N)s1. The molecule has 0 bridgehead atoms. The molecule has 2 N–H and O–H groups in total. The van der Waals surface area contributed by atoms with Crippen molar-refractivity contribution in [3.8, 4) is 11.5 Å². The Morgan fingerprint density at radius 2 is 2.25 bits per heavy atom. The smallest absolute Gasteiger partial charge is 0.260 e. The Bertz CT molecular complexity index is 487. The van der Waals surface area contributed by atoms with Gasteiger partial charge in [-0.3, -0.25) is 0 Å². The largest absolute Gasteiger partial charge is 0.390 e. The van der Waals surface area contributed by atoms with E-state index in [9.17, 15) is 0 Å². The Morgan fingerprint density at radius 1 is 1.50 bits per heavy atom. The summed E-state index contributed by atoms with van der Waals surface area (Å²) in [5.41, 5.74) is 6.73. The van der Waals surface area contributed by atoms with Crippen LogP contribution >= 0.6 is 11.3 Å². The van der Waals surface area contributed by atoms with Crippen LogP contribution in [0.1, 0.15) is 24.5 Å². The first-order chi connectivity index (χ1) is 7.56. The number of nitrogen functional groups attached to an aromatic ring is 1. The molecule has 16 heavy (non-hydrogen) atoms. The maximum atomic E-state index is 5.87. The average Bonchev–Trinajstić information content (AvgIpc) is 2.72. The van der Waals surface area contributed by atoms with Crippen LogP contribution in [0.25, 0.3) is 11.5 Å². The van der Waals surface area contributed by atoms with E-state index in [1.54, 1.807) is 0 Å². The Labute approximate surface area is 98.5 Å². The predicted molar refractivity (Wildman–Crippen MR) is 65.3 cm³/mol. The van der Waals surface area contributed by atoms with Crippen LogP contribution in [0.2, 0.25) is 0 Å². The second-order valence-electron chi connectivity index (χ2n) is 4.25. The van der Waals surface area contributed by atoms with Gasteiger partial charge in [-0.15, -0.1) is 11.3 Å². The number of rotatable bonds is 3. The number of thiophene rings is 1. The van der Waals surface area contributed by atoms with E-state index in [-0.39, 0.29) is 0 Å². The average molecular weight is 237 g/mol. The van der Waals surface area contributed by atoms with Gasteiger partial charge in [0, 0.05) is 11.3 Å². The lowest BCUT2D eigenvalue weighted by Crippen LogP contribution is -1.95. The summed E-state index contributed by atoms with van der Waals surface area (Å²) in [7, 11) is 0. The van der Waals surface area contributed by atoms with Gasteiger partial charge in [-0.25, -0.2) is 0 Å². The van der Waals surface area contributed by atoms with Crippen molar-refractivity contribution in [2.24, 2.45) is 5.92 Å². The molecule has 0 amide bonds. The maximum Gasteiger partial charge on any atom is 0.260 e. The fourth-order valence-corrected chi connectivity index (χ4v) is 2.29. The highest BCUT2D eigenvalue weighted by atomic mass is 32.1. The molecule has 0 unspecified atom stereocenters. The number of anilines is 1. The Morgan fingerprint density at radius 3 is 2.81 bits per heavy atom. The minimum absolute atomic E-state index is 0.520. The monoisotopic (exact) mass is 237 g/mol. The predicted octanol–water partition coefficient (Wildman–Crippen LogP) is 2.89. The first-order valence-electron chi connectivity index (χ1n) is 5.25. The molecule has 0 saturated heterocycles. The van der Waals surface area contributed by atoms with Gasteiger partial charge in [-0.05, 0) is 18.9 Å². The van der Waals surface area contributed by atoms with Crippen LogP contribution in [0, 0.1) is 12.8 Å². The van der Waals surface area contributed by atoms with Crippen molar-refractivity contribution in [3.05, 3.63) is 16.8 Å². The molecule has 0 saturated carbocycles. The molecule has 0 aliphatic rings. The zero-order valence-corrected chi connectivity index (χ0v) is 10.5. The molecule has 2 heterocycles. The fraction of sp³-hybridized carbons (Fsp3) is 0.455. The number of aromatic nitrogens is 2. The van der Waals surface area contributed by atoms with E-state index in [1.807, 2.05) is 13.0 Å². The Kier molecular flexibility index (Phi) is 2.96. The Balaban J connectivity index is 2.28. The molecular weight excluding hydrogens is 222 g/mol. The highest BCUT2D eigenvalue weighted by Crippen LogP contribution is 2.32. The number of aryl methyl sites for hydroxylation is 1. The van der Waals surface area contributed by atoms with Crippen LogP contribution in [0.4, 0.5) is 5.00 Å². The normalized spacial score (nSPS) is 11.2. The lowest BCUT2D eigenvalue weighted by atomic mass is 10.1. The van der Waals surface area contributed by atoms with E-state index in [0.717, 1.165) is 27.7 Å². The summed E-state index contributed by atoms with van der Waals surface area (Å²) in [6, 6.07) is 1.98. The molecular formula is C11H15N3OS. The topological polar surface area (TPSA) is 64.9 Å². The molecule has 4 nitrogen and oxygen atoms in total. The van der Waals surface area contributed by atoms with Gasteiger partial charge in [0.1, 0.15) is 0 Å². The second-order valence-corrected chi connectivity index (χ2v) is 5.54. The Hall–Kier alpha value is -1.36. The van der Waals surface area contributed by atoms with Crippen LogP contribution in [0.3, 0.4) is 0 Å². The van der Waals surface area contributed by atoms with Gasteiger partial charge in [0.25, 0.3) is 5.89 Å². The quantitative estimate of drug-likeness (QED) is 0.891. The molecule has 0 radical (unpaired) electrons. The summed E-state index contributed by atoms with van der Waals surface area (Å²) in [6.07, 6.45) is 0.826. The third-order valence-corrected chi connectivity index (χ3v) is 3.05. The zero-order chi connectivity index (χ0) is 11.7. The van der Waals surface area contributed by atoms with Crippen LogP contribution in [0.5, 0.6) is 0 Å². The summed E-state index contributed by atoms with van der Waals surface area (Å²) >= 11 is 1.54. The van der Waals surface area contributed by atoms with E-state index < -0.39 is 0 Å². The minimum Gasteiger partial charge on any atom is -0.390 e. The van der Waals surface area contributed by atoms with E-state index in [4.69, 9.17) is 10.3 Å². The van der Waals surface area contributed by atoms with Crippen molar-refractivity contribution in [2.75, 3.05) is 5.73 Å². The van der Waals surface area contributed by atoms with E-state index >= 15 is 0 Å². The zero-order valence-electron chi connectivity index (χ0n) is 9.65. The van der Waals surface area contributed by atoms with Crippen LogP contribution in [-0.4, -0.2) is 10.1 Å². The fourth-order valence-electron chi connectivity index (χ4n) is 1.51. The third-order valence-electron chi connectivity index (χ3n) is 2.17. The number of nitrogens with two attached hydrogens (primary N) is 1. The summed E-state index contributed by atoms with van der Waals surface area (Å²) in [5, 5.41) is 4.68. The van der Waals surface area contributed by atoms with Gasteiger partial charge >= 0.3 is 0 Å². The molecule has 0 fully saturated rings. The third kappa shape index (κ3) is 2.24. The molecule has 0 aliphatic heterocycles. The van der Waals surface area contributed by atoms with Crippen molar-refractivity contribution in [1.29, 1.82) is 0 Å². The van der Waals surface area contributed by atoms with E-state index in [2.05, 4.69) is 24.0 Å². The number of nitrogens with zero attached hydrogens (tertiary/aromatic N) is 2.